The average molecular weight is 1340 g/mol. The van der Waals surface area contributed by atoms with E-state index in [-0.39, 0.29) is 45.3 Å². The molecular weight excluding hydrogens is 1280 g/mol. The van der Waals surface area contributed by atoms with Crippen molar-refractivity contribution in [3.63, 3.8) is 0 Å². The van der Waals surface area contributed by atoms with Gasteiger partial charge in [-0.3, -0.25) is 19.8 Å². The van der Waals surface area contributed by atoms with Crippen LogP contribution in [0.5, 0.6) is 0 Å². The van der Waals surface area contributed by atoms with E-state index in [4.69, 9.17) is 55.8 Å². The number of benzene rings is 4. The van der Waals surface area contributed by atoms with Gasteiger partial charge >= 0.3 is 24.0 Å². The minimum absolute atomic E-state index is 0.0461. The van der Waals surface area contributed by atoms with Gasteiger partial charge in [0.15, 0.2) is 33.1 Å². The van der Waals surface area contributed by atoms with Crippen LogP contribution in [0.15, 0.2) is 128 Å². The Morgan fingerprint density at radius 3 is 1.65 bits per heavy atom. The Bertz CT molecular complexity index is 4310. The van der Waals surface area contributed by atoms with Gasteiger partial charge < -0.3 is 39.7 Å². The number of hydrogen-bond donors (Lipinski definition) is 2. The van der Waals surface area contributed by atoms with E-state index in [1.165, 1.54) is 73.3 Å². The van der Waals surface area contributed by atoms with Crippen LogP contribution < -0.4 is 10.6 Å². The largest absolute Gasteiger partial charge is 0.466 e. The molecule has 4 atom stereocenters. The predicted octanol–water partition coefficient (Wildman–Crippen LogP) is 10.4. The number of piperazine rings is 2. The zero-order valence-corrected chi connectivity index (χ0v) is 55.1. The van der Waals surface area contributed by atoms with Gasteiger partial charge in [0.25, 0.3) is 0 Å². The van der Waals surface area contributed by atoms with Crippen LogP contribution in [0.3, 0.4) is 0 Å². The van der Waals surface area contributed by atoms with Crippen molar-refractivity contribution in [2.45, 2.75) is 57.4 Å². The second-order valence-corrected chi connectivity index (χ2v) is 25.9. The van der Waals surface area contributed by atoms with E-state index in [2.05, 4.69) is 63.8 Å². The number of esters is 2. The molecule has 0 spiro atoms. The monoisotopic (exact) mass is 1340 g/mol. The van der Waals surface area contributed by atoms with Crippen LogP contribution in [0.2, 0.25) is 10.0 Å². The maximum Gasteiger partial charge on any atom is 0.338 e. The number of urea groups is 2. The fourth-order valence-corrected chi connectivity index (χ4v) is 13.9. The molecule has 2 aromatic heterocycles. The average Bonchev–Trinajstić information content (AvgIpc) is 1.54. The topological polar surface area (TPSA) is 189 Å². The summed E-state index contributed by atoms with van der Waals surface area (Å²) in [6, 6.07) is 16.8. The van der Waals surface area contributed by atoms with Gasteiger partial charge in [0.1, 0.15) is 29.3 Å². The zero-order chi connectivity index (χ0) is 66.5. The molecule has 0 saturated carbocycles. The Balaban J connectivity index is 0.000000192. The number of ether oxygens (including phenoxy) is 2. The third-order valence-electron chi connectivity index (χ3n) is 16.9. The highest BCUT2D eigenvalue weighted by Gasteiger charge is 2.47. The number of methoxy groups -OCH3 is 2. The molecule has 8 heterocycles. The second-order valence-electron chi connectivity index (χ2n) is 23.3. The van der Waals surface area contributed by atoms with E-state index in [9.17, 15) is 28.0 Å². The lowest BCUT2D eigenvalue weighted by Gasteiger charge is -2.38. The van der Waals surface area contributed by atoms with Crippen molar-refractivity contribution in [1.29, 1.82) is 0 Å². The highest BCUT2D eigenvalue weighted by Crippen LogP contribution is 2.40. The number of amides is 4. The summed E-state index contributed by atoms with van der Waals surface area (Å²) < 4.78 is 38.4. The molecule has 6 aliphatic heterocycles. The first kappa shape index (κ1) is 66.0. The summed E-state index contributed by atoms with van der Waals surface area (Å²) in [5, 5.41) is 11.9. The summed E-state index contributed by atoms with van der Waals surface area (Å²) >= 11 is 15.8. The van der Waals surface area contributed by atoms with Crippen LogP contribution in [-0.2, 0) is 19.1 Å². The van der Waals surface area contributed by atoms with E-state index < -0.39 is 41.2 Å². The Kier molecular flexibility index (Phi) is 19.9. The third-order valence-corrected chi connectivity index (χ3v) is 19.1. The number of hydrogen-bond acceptors (Lipinski definition) is 16. The number of nitrogens with zero attached hydrogens (tertiary/aromatic N) is 12. The van der Waals surface area contributed by atoms with Gasteiger partial charge in [0, 0.05) is 132 Å². The quantitative estimate of drug-likeness (QED) is 0.0671. The van der Waals surface area contributed by atoms with E-state index in [0.717, 1.165) is 22.3 Å². The summed E-state index contributed by atoms with van der Waals surface area (Å²) in [7, 11) is 2.61. The van der Waals surface area contributed by atoms with E-state index >= 15 is 0 Å². The van der Waals surface area contributed by atoms with Crippen molar-refractivity contribution < 1.29 is 37.4 Å². The van der Waals surface area contributed by atoms with Crippen molar-refractivity contribution in [2.24, 2.45) is 9.98 Å². The van der Waals surface area contributed by atoms with Crippen LogP contribution >= 0.6 is 45.9 Å². The smallest absolute Gasteiger partial charge is 0.338 e. The van der Waals surface area contributed by atoms with Crippen molar-refractivity contribution >= 4 is 92.9 Å². The number of fused-ring (bicyclic) bond motifs is 2. The maximum absolute atomic E-state index is 14.0. The number of nitrogens with one attached hydrogen (secondary N) is 2. The molecular formula is C68H62Cl2F2N14O6S2. The Morgan fingerprint density at radius 1 is 0.681 bits per heavy atom. The van der Waals surface area contributed by atoms with Gasteiger partial charge in [-0.1, -0.05) is 95.4 Å². The summed E-state index contributed by atoms with van der Waals surface area (Å²) in [6.45, 7) is 27.5. The Morgan fingerprint density at radius 2 is 1.18 bits per heavy atom. The minimum Gasteiger partial charge on any atom is -0.466 e. The molecule has 6 aromatic rings. The lowest BCUT2D eigenvalue weighted by Crippen LogP contribution is -2.53. The number of carbonyl (C=O) groups excluding carboxylic acids is 4. The number of halogens is 4. The standard InChI is InChI=1S/2C34H31ClFN7O3S/c1-34(2,12-11-21-5-8-23(37-3)9-6-21)43-19-24-18-41(14-15-42(24)33(43)45)20-27-28(32(44)46-4)29(25-10-7-22(36)17-26(25)35)40-30(39-27)31-38-13-16-47-31;1-20-14-23(37-3)15-21(2)25(20)6-5-10-42-18-24-17-41(11-12-43(24)34(42)45)19-28-29(33(44)46-4)30(26-8-7-22(36)16-27(26)35)40-31(39-28)32-38-9-13-47-32/h5-10,13,16-17,24,29H,14-15,18-20H2,1-2,4H3,(H,39,40);7-9,13-16,24,30H,10-12,17-19H2,1-2,4H3,(H,39,40)/t24-,29-;24-,30-/m00/s1. The van der Waals surface area contributed by atoms with E-state index in [1.54, 1.807) is 46.5 Å². The summed E-state index contributed by atoms with van der Waals surface area (Å²) in [6.07, 6.45) is 3.34. The van der Waals surface area contributed by atoms with E-state index in [0.29, 0.717) is 128 Å². The first-order valence-corrected chi connectivity index (χ1v) is 32.3. The summed E-state index contributed by atoms with van der Waals surface area (Å²) in [5.74, 6) is 11.6. The number of rotatable bonds is 12. The molecule has 4 saturated heterocycles. The van der Waals surface area contributed by atoms with Gasteiger partial charge in [-0.2, -0.15) is 0 Å². The molecule has 2 N–H and O–H groups in total. The lowest BCUT2D eigenvalue weighted by atomic mass is 9.95. The maximum atomic E-state index is 14.0. The van der Waals surface area contributed by atoms with Crippen LogP contribution in [-0.4, -0.2) is 179 Å². The zero-order valence-electron chi connectivity index (χ0n) is 52.0. The Labute approximate surface area is 560 Å². The highest BCUT2D eigenvalue weighted by atomic mass is 35.5. The molecule has 6 aliphatic rings. The van der Waals surface area contributed by atoms with Gasteiger partial charge in [-0.25, -0.2) is 47.6 Å². The second kappa shape index (κ2) is 28.4. The molecule has 94 heavy (non-hydrogen) atoms. The minimum atomic E-state index is -0.854. The molecule has 480 valence electrons. The Hall–Kier alpha value is -9.50. The van der Waals surface area contributed by atoms with Crippen LogP contribution in [0, 0.1) is 62.3 Å². The highest BCUT2D eigenvalue weighted by molar-refractivity contribution is 7.12. The van der Waals surface area contributed by atoms with Crippen molar-refractivity contribution in [1.82, 2.24) is 50.0 Å². The number of thiazole rings is 2. The molecule has 4 amide bonds. The number of amidine groups is 2. The fourth-order valence-electron chi connectivity index (χ4n) is 12.2. The number of aliphatic imine (C=N–C) groups is 2. The van der Waals surface area contributed by atoms with Crippen LogP contribution in [0.4, 0.5) is 29.7 Å². The fraction of sp³-hybridized carbons (Fsp3) is 0.324. The summed E-state index contributed by atoms with van der Waals surface area (Å²) in [5.41, 5.74) is 6.57. The van der Waals surface area contributed by atoms with Gasteiger partial charge in [0.2, 0.25) is 0 Å². The summed E-state index contributed by atoms with van der Waals surface area (Å²) in [4.78, 5) is 90.6. The van der Waals surface area contributed by atoms with Crippen molar-refractivity contribution in [3.8, 4) is 23.7 Å². The van der Waals surface area contributed by atoms with Crippen molar-refractivity contribution in [2.75, 3.05) is 86.2 Å². The normalized spacial score (nSPS) is 19.6. The van der Waals surface area contributed by atoms with Gasteiger partial charge in [-0.15, -0.1) is 22.7 Å². The predicted molar refractivity (Wildman–Crippen MR) is 356 cm³/mol. The van der Waals surface area contributed by atoms with E-state index in [1.807, 2.05) is 60.4 Å². The first-order chi connectivity index (χ1) is 45.2. The first-order valence-electron chi connectivity index (χ1n) is 29.8. The molecule has 0 unspecified atom stereocenters. The third kappa shape index (κ3) is 14.2. The van der Waals surface area contributed by atoms with Crippen LogP contribution in [0.1, 0.15) is 69.3 Å². The van der Waals surface area contributed by atoms with Gasteiger partial charge in [-0.05, 0) is 63.1 Å². The molecule has 0 radical (unpaired) electrons. The van der Waals surface area contributed by atoms with Crippen molar-refractivity contribution in [3.05, 3.63) is 206 Å². The SMILES string of the molecule is [C-]#[N+]c1cc(C)c(C#CCN2C[C@@H]3CN(CC4=C(C(=O)OC)[C@H](c5ccc(F)cc5Cl)N=C(c5nccs5)N4)CCN3C2=O)c(C)c1.[C-]#[N+]c1ccc(C#CC(C)(C)N2C[C@@H]3CN(CC4=C(C(=O)OC)[C@H](c5ccc(F)cc5Cl)N=C(c5nccs5)N4)CCN3C2=O)cc1. The van der Waals surface area contributed by atoms with Crippen LogP contribution in [0.25, 0.3) is 9.69 Å². The lowest BCUT2D eigenvalue weighted by molar-refractivity contribution is -0.137. The molecule has 26 heteroatoms. The molecule has 12 rings (SSSR count). The molecule has 0 bridgehead atoms. The number of aromatic nitrogens is 2. The molecule has 0 aliphatic carbocycles. The molecule has 20 nitrogen and oxygen atoms in total. The number of carbonyl (C=O) groups is 4. The van der Waals surface area contributed by atoms with Gasteiger partial charge in [0.05, 0.1) is 57.1 Å². The number of aryl methyl sites for hydroxylation is 2. The molecule has 4 fully saturated rings. The molecule has 4 aromatic carbocycles.